The number of aromatic nitrogens is 2. The van der Waals surface area contributed by atoms with Crippen LogP contribution in [0.5, 0.6) is 0 Å². The van der Waals surface area contributed by atoms with Gasteiger partial charge in [-0.15, -0.1) is 0 Å². The molecule has 4 rings (SSSR count). The van der Waals surface area contributed by atoms with E-state index in [1.165, 1.54) is 0 Å². The molecule has 0 spiro atoms. The van der Waals surface area contributed by atoms with Gasteiger partial charge in [0.2, 0.25) is 5.82 Å². The summed E-state index contributed by atoms with van der Waals surface area (Å²) in [7, 11) is 0. The van der Waals surface area contributed by atoms with E-state index in [1.54, 1.807) is 24.3 Å². The molecule has 1 aliphatic heterocycles. The van der Waals surface area contributed by atoms with Crippen LogP contribution >= 0.6 is 0 Å². The van der Waals surface area contributed by atoms with E-state index in [1.807, 2.05) is 37.3 Å². The van der Waals surface area contributed by atoms with Crippen LogP contribution in [0, 0.1) is 17.1 Å². The van der Waals surface area contributed by atoms with Crippen LogP contribution in [0.2, 0.25) is 0 Å². The van der Waals surface area contributed by atoms with Crippen molar-refractivity contribution < 1.29 is 4.39 Å². The van der Waals surface area contributed by atoms with Crippen molar-refractivity contribution in [2.45, 2.75) is 12.8 Å². The van der Waals surface area contributed by atoms with Crippen molar-refractivity contribution >= 4 is 28.7 Å². The van der Waals surface area contributed by atoms with Gasteiger partial charge >= 0.3 is 0 Å². The highest BCUT2D eigenvalue weighted by Crippen LogP contribution is 2.39. The van der Waals surface area contributed by atoms with Crippen molar-refractivity contribution in [2.24, 2.45) is 4.99 Å². The number of anilines is 3. The Kier molecular flexibility index (Phi) is 4.01. The summed E-state index contributed by atoms with van der Waals surface area (Å²) in [5, 5.41) is 11.8. The summed E-state index contributed by atoms with van der Waals surface area (Å²) in [6.07, 6.45) is 0. The zero-order valence-corrected chi connectivity index (χ0v) is 14.4. The molecule has 6 nitrogen and oxygen atoms in total. The molecular formula is C20H15FN6. The maximum atomic E-state index is 14.5. The number of nitriles is 1. The van der Waals surface area contributed by atoms with Crippen molar-refractivity contribution in [3.05, 3.63) is 71.3 Å². The lowest BCUT2D eigenvalue weighted by atomic mass is 9.95. The number of para-hydroxylation sites is 1. The predicted molar refractivity (Wildman–Crippen MR) is 102 cm³/mol. The highest BCUT2D eigenvalue weighted by molar-refractivity contribution is 5.98. The Morgan fingerprint density at radius 3 is 2.59 bits per heavy atom. The molecular weight excluding hydrogens is 343 g/mol. The third kappa shape index (κ3) is 2.98. The molecule has 7 heteroatoms. The van der Waals surface area contributed by atoms with E-state index in [4.69, 9.17) is 11.0 Å². The highest BCUT2D eigenvalue weighted by atomic mass is 19.1. The Hall–Kier alpha value is -3.79. The van der Waals surface area contributed by atoms with Gasteiger partial charge in [-0.2, -0.15) is 9.65 Å². The quantitative estimate of drug-likeness (QED) is 0.736. The molecule has 1 atom stereocenters. The van der Waals surface area contributed by atoms with Crippen molar-refractivity contribution in [2.75, 3.05) is 11.1 Å². The van der Waals surface area contributed by atoms with E-state index in [0.717, 1.165) is 17.0 Å². The molecule has 0 amide bonds. The first-order valence-corrected chi connectivity index (χ1v) is 8.31. The first-order chi connectivity index (χ1) is 13.1. The summed E-state index contributed by atoms with van der Waals surface area (Å²) < 4.78 is 14.5. The van der Waals surface area contributed by atoms with Gasteiger partial charge in [-0.25, -0.2) is 9.97 Å². The molecule has 0 bridgehead atoms. The molecule has 1 aliphatic rings. The van der Waals surface area contributed by atoms with Gasteiger partial charge in [-0.3, -0.25) is 4.99 Å². The Morgan fingerprint density at radius 1 is 1.11 bits per heavy atom. The van der Waals surface area contributed by atoms with Gasteiger partial charge in [-0.1, -0.05) is 18.2 Å². The third-order valence-corrected chi connectivity index (χ3v) is 4.39. The lowest BCUT2D eigenvalue weighted by Gasteiger charge is -2.15. The lowest BCUT2D eigenvalue weighted by molar-refractivity contribution is 0.621. The number of fused-ring (bicyclic) bond motifs is 1. The summed E-state index contributed by atoms with van der Waals surface area (Å²) in [6, 6.07) is 16.4. The Balaban J connectivity index is 1.74. The van der Waals surface area contributed by atoms with Crippen LogP contribution in [-0.2, 0) is 0 Å². The number of benzene rings is 2. The molecule has 3 N–H and O–H groups in total. The largest absolute Gasteiger partial charge is 0.381 e. The summed E-state index contributed by atoms with van der Waals surface area (Å²) in [5.74, 6) is -0.849. The zero-order chi connectivity index (χ0) is 19.0. The monoisotopic (exact) mass is 358 g/mol. The van der Waals surface area contributed by atoms with Crippen LogP contribution in [0.15, 0.2) is 53.5 Å². The minimum atomic E-state index is -0.719. The number of aliphatic imine (C=N–C) groups is 1. The number of nitrogens with zero attached hydrogens (tertiary/aromatic N) is 4. The molecule has 1 aromatic heterocycles. The van der Waals surface area contributed by atoms with E-state index in [9.17, 15) is 4.39 Å². The molecule has 132 valence electrons. The second kappa shape index (κ2) is 6.50. The van der Waals surface area contributed by atoms with Gasteiger partial charge in [0.1, 0.15) is 5.82 Å². The summed E-state index contributed by atoms with van der Waals surface area (Å²) in [4.78, 5) is 13.1. The van der Waals surface area contributed by atoms with Crippen LogP contribution < -0.4 is 11.1 Å². The normalized spacial score (nSPS) is 15.0. The fourth-order valence-electron chi connectivity index (χ4n) is 3.10. The molecule has 0 saturated carbocycles. The second-order valence-electron chi connectivity index (χ2n) is 6.19. The zero-order valence-electron chi connectivity index (χ0n) is 14.4. The molecule has 1 unspecified atom stereocenters. The van der Waals surface area contributed by atoms with Crippen LogP contribution in [-0.4, -0.2) is 15.7 Å². The smallest absolute Gasteiger partial charge is 0.207 e. The molecule has 0 aliphatic carbocycles. The molecule has 27 heavy (non-hydrogen) atoms. The molecule has 3 aromatic rings. The molecule has 0 saturated heterocycles. The molecule has 0 fully saturated rings. The molecule has 0 radical (unpaired) electrons. The number of nitrogen functional groups attached to an aromatic ring is 1. The average molecular weight is 358 g/mol. The first kappa shape index (κ1) is 16.7. The van der Waals surface area contributed by atoms with E-state index in [0.29, 0.717) is 17.1 Å². The topological polar surface area (TPSA) is 100.0 Å². The van der Waals surface area contributed by atoms with Gasteiger partial charge in [0.15, 0.2) is 11.6 Å². The van der Waals surface area contributed by atoms with Crippen molar-refractivity contribution in [1.82, 2.24) is 9.97 Å². The highest BCUT2D eigenvalue weighted by Gasteiger charge is 2.29. The van der Waals surface area contributed by atoms with Crippen molar-refractivity contribution in [3.8, 4) is 6.07 Å². The van der Waals surface area contributed by atoms with E-state index in [-0.39, 0.29) is 17.6 Å². The fourth-order valence-corrected chi connectivity index (χ4v) is 3.10. The first-order valence-electron chi connectivity index (χ1n) is 8.31. The fraction of sp³-hybridized carbons (Fsp3) is 0.100. The van der Waals surface area contributed by atoms with E-state index >= 15 is 0 Å². The average Bonchev–Trinajstić information content (AvgIpc) is 3.01. The second-order valence-corrected chi connectivity index (χ2v) is 6.19. The van der Waals surface area contributed by atoms with Crippen LogP contribution in [0.4, 0.5) is 27.4 Å². The van der Waals surface area contributed by atoms with Gasteiger partial charge in [-0.05, 0) is 42.8 Å². The summed E-state index contributed by atoms with van der Waals surface area (Å²) in [5.41, 5.74) is 9.55. The van der Waals surface area contributed by atoms with E-state index < -0.39 is 5.82 Å². The lowest BCUT2D eigenvalue weighted by Crippen LogP contribution is -2.15. The number of rotatable bonds is 3. The number of nitrogens with two attached hydrogens (primary N) is 1. The third-order valence-electron chi connectivity index (χ3n) is 4.39. The maximum Gasteiger partial charge on any atom is 0.207 e. The standard InChI is InChI=1S/C20H15FN6/c1-11-16(14-4-2-3-5-15(14)24-11)19-26-18(23)17(21)20(27-19)25-13-8-6-12(10-22)7-9-13/h2-9,16H,1H3,(H3,23,25,26,27). The Bertz CT molecular complexity index is 1100. The predicted octanol–water partition coefficient (Wildman–Crippen LogP) is 4.05. The molecule has 2 heterocycles. The van der Waals surface area contributed by atoms with Gasteiger partial charge in [0.05, 0.1) is 23.2 Å². The maximum absolute atomic E-state index is 14.5. The van der Waals surface area contributed by atoms with Crippen LogP contribution in [0.1, 0.15) is 29.8 Å². The van der Waals surface area contributed by atoms with Crippen LogP contribution in [0.25, 0.3) is 0 Å². The number of hydrogen-bond acceptors (Lipinski definition) is 6. The van der Waals surface area contributed by atoms with Gasteiger partial charge in [0, 0.05) is 11.4 Å². The minimum absolute atomic E-state index is 0.0145. The number of nitrogens with one attached hydrogen (secondary N) is 1. The Labute approximate surface area is 155 Å². The Morgan fingerprint density at radius 2 is 1.85 bits per heavy atom. The van der Waals surface area contributed by atoms with Crippen molar-refractivity contribution in [3.63, 3.8) is 0 Å². The molecule has 2 aromatic carbocycles. The minimum Gasteiger partial charge on any atom is -0.381 e. The SMILES string of the molecule is CC1=Nc2ccccc2C1c1nc(N)c(F)c(Nc2ccc(C#N)cc2)n1. The number of hydrogen-bond donors (Lipinski definition) is 2. The number of halogens is 1. The van der Waals surface area contributed by atoms with Crippen LogP contribution in [0.3, 0.4) is 0 Å². The van der Waals surface area contributed by atoms with Gasteiger partial charge in [0.25, 0.3) is 0 Å². The summed E-state index contributed by atoms with van der Waals surface area (Å²) in [6.45, 7) is 1.89. The van der Waals surface area contributed by atoms with E-state index in [2.05, 4.69) is 20.3 Å². The van der Waals surface area contributed by atoms with Crippen molar-refractivity contribution in [1.29, 1.82) is 5.26 Å². The summed E-state index contributed by atoms with van der Waals surface area (Å²) >= 11 is 0. The van der Waals surface area contributed by atoms with Gasteiger partial charge < -0.3 is 11.1 Å².